The summed E-state index contributed by atoms with van der Waals surface area (Å²) in [5, 5.41) is 2.79. The van der Waals surface area contributed by atoms with Crippen molar-refractivity contribution in [3.63, 3.8) is 0 Å². The summed E-state index contributed by atoms with van der Waals surface area (Å²) >= 11 is 0. The van der Waals surface area contributed by atoms with Crippen LogP contribution in [0.15, 0.2) is 54.6 Å². The van der Waals surface area contributed by atoms with E-state index in [1.54, 1.807) is 42.3 Å². The third kappa shape index (κ3) is 4.65. The maximum absolute atomic E-state index is 12.1. The van der Waals surface area contributed by atoms with E-state index in [0.29, 0.717) is 12.1 Å². The highest BCUT2D eigenvalue weighted by atomic mass is 16.2. The fourth-order valence-electron chi connectivity index (χ4n) is 2.99. The molecular formula is C22H23N3O3. The first kappa shape index (κ1) is 19.4. The number of rotatable bonds is 5. The Labute approximate surface area is 164 Å². The van der Waals surface area contributed by atoms with Crippen LogP contribution in [0.25, 0.3) is 6.08 Å². The molecule has 0 bridgehead atoms. The minimum Gasteiger partial charge on any atom is -0.323 e. The first-order valence-electron chi connectivity index (χ1n) is 9.18. The SMILES string of the molecule is CC(=O)N(C)c1ccc(NC(=O)C=Cc2ccc(N3CCCC3=O)cc2)cc1. The molecule has 0 aromatic heterocycles. The second-order valence-electron chi connectivity index (χ2n) is 6.69. The number of nitrogens with one attached hydrogen (secondary N) is 1. The molecule has 0 atom stereocenters. The molecule has 1 aliphatic heterocycles. The molecule has 2 aromatic carbocycles. The molecule has 1 saturated heterocycles. The zero-order valence-corrected chi connectivity index (χ0v) is 16.0. The molecule has 3 amide bonds. The van der Waals surface area contributed by atoms with Crippen molar-refractivity contribution >= 4 is 40.9 Å². The molecule has 0 aliphatic carbocycles. The molecule has 6 nitrogen and oxygen atoms in total. The Morgan fingerprint density at radius 3 is 2.32 bits per heavy atom. The van der Waals surface area contributed by atoms with Crippen molar-refractivity contribution in [1.82, 2.24) is 0 Å². The van der Waals surface area contributed by atoms with Gasteiger partial charge in [-0.3, -0.25) is 14.4 Å². The number of benzene rings is 2. The third-order valence-corrected chi connectivity index (χ3v) is 4.70. The number of amides is 3. The van der Waals surface area contributed by atoms with Crippen LogP contribution in [0.5, 0.6) is 0 Å². The lowest BCUT2D eigenvalue weighted by Gasteiger charge is -2.15. The van der Waals surface area contributed by atoms with Gasteiger partial charge in [0.15, 0.2) is 0 Å². The fraction of sp³-hybridized carbons (Fsp3) is 0.227. The lowest BCUT2D eigenvalue weighted by atomic mass is 10.2. The Balaban J connectivity index is 1.57. The van der Waals surface area contributed by atoms with Gasteiger partial charge in [0.25, 0.3) is 0 Å². The molecule has 1 N–H and O–H groups in total. The summed E-state index contributed by atoms with van der Waals surface area (Å²) in [5.41, 5.74) is 3.18. The maximum atomic E-state index is 12.1. The summed E-state index contributed by atoms with van der Waals surface area (Å²) in [7, 11) is 1.70. The molecule has 0 saturated carbocycles. The van der Waals surface area contributed by atoms with Crippen molar-refractivity contribution < 1.29 is 14.4 Å². The minimum absolute atomic E-state index is 0.0557. The molecule has 3 rings (SSSR count). The van der Waals surface area contributed by atoms with Crippen LogP contribution < -0.4 is 15.1 Å². The van der Waals surface area contributed by atoms with E-state index in [-0.39, 0.29) is 17.7 Å². The van der Waals surface area contributed by atoms with E-state index in [9.17, 15) is 14.4 Å². The van der Waals surface area contributed by atoms with E-state index in [1.165, 1.54) is 17.9 Å². The molecular weight excluding hydrogens is 354 g/mol. The first-order chi connectivity index (χ1) is 13.4. The van der Waals surface area contributed by atoms with E-state index >= 15 is 0 Å². The van der Waals surface area contributed by atoms with Crippen molar-refractivity contribution in [2.24, 2.45) is 0 Å². The van der Waals surface area contributed by atoms with E-state index < -0.39 is 0 Å². The van der Waals surface area contributed by atoms with Crippen LogP contribution in [0.1, 0.15) is 25.3 Å². The summed E-state index contributed by atoms with van der Waals surface area (Å²) in [6.45, 7) is 2.26. The molecule has 0 radical (unpaired) electrons. The Hall–Kier alpha value is -3.41. The Bertz CT molecular complexity index is 902. The average Bonchev–Trinajstić information content (AvgIpc) is 3.12. The van der Waals surface area contributed by atoms with Crippen molar-refractivity contribution in [2.45, 2.75) is 19.8 Å². The van der Waals surface area contributed by atoms with Crippen molar-refractivity contribution in [3.05, 3.63) is 60.2 Å². The van der Waals surface area contributed by atoms with E-state index in [1.807, 2.05) is 24.3 Å². The molecule has 1 fully saturated rings. The van der Waals surface area contributed by atoms with Crippen LogP contribution in [-0.4, -0.2) is 31.3 Å². The lowest BCUT2D eigenvalue weighted by Crippen LogP contribution is -2.23. The monoisotopic (exact) mass is 377 g/mol. The van der Waals surface area contributed by atoms with Gasteiger partial charge < -0.3 is 15.1 Å². The second kappa shape index (κ2) is 8.52. The van der Waals surface area contributed by atoms with Gasteiger partial charge in [-0.1, -0.05) is 12.1 Å². The van der Waals surface area contributed by atoms with Crippen molar-refractivity contribution in [3.8, 4) is 0 Å². The summed E-state index contributed by atoms with van der Waals surface area (Å²) < 4.78 is 0. The van der Waals surface area contributed by atoms with Gasteiger partial charge in [-0.2, -0.15) is 0 Å². The molecule has 144 valence electrons. The zero-order chi connectivity index (χ0) is 20.1. The minimum atomic E-state index is -0.244. The topological polar surface area (TPSA) is 69.7 Å². The number of anilines is 3. The highest BCUT2D eigenvalue weighted by molar-refractivity contribution is 6.02. The smallest absolute Gasteiger partial charge is 0.248 e. The number of hydrogen-bond donors (Lipinski definition) is 1. The summed E-state index contributed by atoms with van der Waals surface area (Å²) in [6, 6.07) is 14.6. The summed E-state index contributed by atoms with van der Waals surface area (Å²) in [5.74, 6) is -0.144. The van der Waals surface area contributed by atoms with Gasteiger partial charge in [-0.05, 0) is 54.5 Å². The quantitative estimate of drug-likeness (QED) is 0.812. The van der Waals surface area contributed by atoms with Crippen LogP contribution in [0.3, 0.4) is 0 Å². The predicted octanol–water partition coefficient (Wildman–Crippen LogP) is 3.45. The number of hydrogen-bond acceptors (Lipinski definition) is 3. The largest absolute Gasteiger partial charge is 0.323 e. The van der Waals surface area contributed by atoms with Gasteiger partial charge >= 0.3 is 0 Å². The molecule has 6 heteroatoms. The second-order valence-corrected chi connectivity index (χ2v) is 6.69. The fourth-order valence-corrected chi connectivity index (χ4v) is 2.99. The van der Waals surface area contributed by atoms with Gasteiger partial charge in [-0.15, -0.1) is 0 Å². The molecule has 1 heterocycles. The summed E-state index contributed by atoms with van der Waals surface area (Å²) in [6.07, 6.45) is 4.69. The number of nitrogens with zero attached hydrogens (tertiary/aromatic N) is 2. The van der Waals surface area contributed by atoms with E-state index in [0.717, 1.165) is 29.9 Å². The first-order valence-corrected chi connectivity index (χ1v) is 9.18. The van der Waals surface area contributed by atoms with Crippen molar-refractivity contribution in [2.75, 3.05) is 28.7 Å². The molecule has 2 aromatic rings. The van der Waals surface area contributed by atoms with Gasteiger partial charge in [0.05, 0.1) is 0 Å². The molecule has 0 spiro atoms. The predicted molar refractivity (Wildman–Crippen MR) is 111 cm³/mol. The van der Waals surface area contributed by atoms with Crippen LogP contribution in [0, 0.1) is 0 Å². The highest BCUT2D eigenvalue weighted by Crippen LogP contribution is 2.22. The van der Waals surface area contributed by atoms with Crippen LogP contribution in [0.4, 0.5) is 17.1 Å². The lowest BCUT2D eigenvalue weighted by molar-refractivity contribution is -0.117. The van der Waals surface area contributed by atoms with Gasteiger partial charge in [-0.25, -0.2) is 0 Å². The maximum Gasteiger partial charge on any atom is 0.248 e. The van der Waals surface area contributed by atoms with Gasteiger partial charge in [0.2, 0.25) is 17.7 Å². The van der Waals surface area contributed by atoms with Gasteiger partial charge in [0.1, 0.15) is 0 Å². The standard InChI is InChI=1S/C22H23N3O3/c1-16(26)24(2)19-12-8-18(9-13-19)23-21(27)14-7-17-5-10-20(11-6-17)25-15-3-4-22(25)28/h5-14H,3-4,15H2,1-2H3,(H,23,27). The Morgan fingerprint density at radius 2 is 1.75 bits per heavy atom. The van der Waals surface area contributed by atoms with Crippen molar-refractivity contribution in [1.29, 1.82) is 0 Å². The Kier molecular flexibility index (Phi) is 5.89. The van der Waals surface area contributed by atoms with Crippen LogP contribution in [-0.2, 0) is 14.4 Å². The molecule has 0 unspecified atom stereocenters. The van der Waals surface area contributed by atoms with E-state index in [4.69, 9.17) is 0 Å². The van der Waals surface area contributed by atoms with Gasteiger partial charge in [0, 0.05) is 50.1 Å². The average molecular weight is 377 g/mol. The molecule has 1 aliphatic rings. The summed E-state index contributed by atoms with van der Waals surface area (Å²) in [4.78, 5) is 38.6. The van der Waals surface area contributed by atoms with Crippen LogP contribution >= 0.6 is 0 Å². The highest BCUT2D eigenvalue weighted by Gasteiger charge is 2.21. The normalized spacial score (nSPS) is 13.8. The third-order valence-electron chi connectivity index (χ3n) is 4.70. The van der Waals surface area contributed by atoms with E-state index in [2.05, 4.69) is 5.32 Å². The zero-order valence-electron chi connectivity index (χ0n) is 16.0. The number of carbonyl (C=O) groups excluding carboxylic acids is 3. The Morgan fingerprint density at radius 1 is 1.07 bits per heavy atom. The van der Waals surface area contributed by atoms with Crippen LogP contribution in [0.2, 0.25) is 0 Å². The molecule has 28 heavy (non-hydrogen) atoms. The number of carbonyl (C=O) groups is 3.